The zero-order chi connectivity index (χ0) is 4.99. The first kappa shape index (κ1) is 5.23. The van der Waals surface area contributed by atoms with Gasteiger partial charge in [0.05, 0.1) is 6.57 Å². The first-order chi connectivity index (χ1) is 2.81. The largest absolute Gasteiger partial charge is 0.243 e. The summed E-state index contributed by atoms with van der Waals surface area (Å²) in [5, 5.41) is 0. The highest BCUT2D eigenvalue weighted by Crippen LogP contribution is 1.88. The summed E-state index contributed by atoms with van der Waals surface area (Å²) in [6.45, 7) is 10.0. The molecule has 0 aromatic rings. The SMILES string of the molecule is [C-]#[N+]/C(C)=C\C. The van der Waals surface area contributed by atoms with Crippen LogP contribution in [0, 0.1) is 6.57 Å². The second-order valence-electron chi connectivity index (χ2n) is 1.04. The highest BCUT2D eigenvalue weighted by atomic mass is 14.6. The molecule has 32 valence electrons. The summed E-state index contributed by atoms with van der Waals surface area (Å²) in [5.74, 6) is 0. The van der Waals surface area contributed by atoms with Gasteiger partial charge >= 0.3 is 0 Å². The molecule has 0 aromatic carbocycles. The van der Waals surface area contributed by atoms with Crippen molar-refractivity contribution < 1.29 is 0 Å². The van der Waals surface area contributed by atoms with Crippen molar-refractivity contribution in [2.24, 2.45) is 0 Å². The summed E-state index contributed by atoms with van der Waals surface area (Å²) in [5.41, 5.74) is 0.759. The summed E-state index contributed by atoms with van der Waals surface area (Å²) in [7, 11) is 0. The first-order valence-electron chi connectivity index (χ1n) is 1.81. The van der Waals surface area contributed by atoms with Crippen LogP contribution in [0.25, 0.3) is 4.85 Å². The highest BCUT2D eigenvalue weighted by Gasteiger charge is 1.71. The van der Waals surface area contributed by atoms with Crippen molar-refractivity contribution in [1.29, 1.82) is 0 Å². The molecule has 6 heavy (non-hydrogen) atoms. The molecule has 0 unspecified atom stereocenters. The van der Waals surface area contributed by atoms with Crippen LogP contribution in [0.1, 0.15) is 13.8 Å². The number of nitrogens with zero attached hydrogens (tertiary/aromatic N) is 1. The Labute approximate surface area is 38.1 Å². The van der Waals surface area contributed by atoms with E-state index in [1.807, 2.05) is 6.92 Å². The molecule has 0 amide bonds. The molecule has 0 heterocycles. The van der Waals surface area contributed by atoms with Gasteiger partial charge in [-0.2, -0.15) is 0 Å². The summed E-state index contributed by atoms with van der Waals surface area (Å²) in [6, 6.07) is 0. The molecule has 0 bridgehead atoms. The van der Waals surface area contributed by atoms with Crippen molar-refractivity contribution in [2.45, 2.75) is 13.8 Å². The van der Waals surface area contributed by atoms with Gasteiger partial charge in [-0.1, -0.05) is 13.0 Å². The Bertz CT molecular complexity index is 95.0. The summed E-state index contributed by atoms with van der Waals surface area (Å²) >= 11 is 0. The molecule has 0 saturated heterocycles. The van der Waals surface area contributed by atoms with Crippen molar-refractivity contribution in [2.75, 3.05) is 0 Å². The predicted molar refractivity (Wildman–Crippen MR) is 26.0 cm³/mol. The van der Waals surface area contributed by atoms with Gasteiger partial charge in [0.1, 0.15) is 0 Å². The minimum atomic E-state index is 0.759. The predicted octanol–water partition coefficient (Wildman–Crippen LogP) is 1.83. The third-order valence-corrected chi connectivity index (χ3v) is 0.594. The van der Waals surface area contributed by atoms with E-state index in [0.29, 0.717) is 0 Å². The Balaban J connectivity index is 3.61. The third-order valence-electron chi connectivity index (χ3n) is 0.594. The van der Waals surface area contributed by atoms with E-state index in [-0.39, 0.29) is 0 Å². The average molecular weight is 81.1 g/mol. The smallest absolute Gasteiger partial charge is 0.158 e. The summed E-state index contributed by atoms with van der Waals surface area (Å²) < 4.78 is 0. The fourth-order valence-electron chi connectivity index (χ4n) is 0.0645. The molecular formula is C5H7N. The van der Waals surface area contributed by atoms with Crippen LogP contribution in [0.5, 0.6) is 0 Å². The van der Waals surface area contributed by atoms with Crippen LogP contribution in [0.3, 0.4) is 0 Å². The maximum Gasteiger partial charge on any atom is 0.158 e. The van der Waals surface area contributed by atoms with Gasteiger partial charge in [0.15, 0.2) is 5.70 Å². The van der Waals surface area contributed by atoms with Crippen LogP contribution < -0.4 is 0 Å². The molecule has 0 rings (SSSR count). The molecule has 0 saturated carbocycles. The molecule has 1 nitrogen and oxygen atoms in total. The molecule has 1 heteroatoms. The van der Waals surface area contributed by atoms with Gasteiger partial charge in [-0.25, -0.2) is 4.85 Å². The molecule has 0 spiro atoms. The minimum absolute atomic E-state index is 0.759. The zero-order valence-corrected chi connectivity index (χ0v) is 4.02. The highest BCUT2D eigenvalue weighted by molar-refractivity contribution is 5.03. The molecule has 0 N–H and O–H groups in total. The van der Waals surface area contributed by atoms with E-state index < -0.39 is 0 Å². The van der Waals surface area contributed by atoms with Gasteiger partial charge in [0.25, 0.3) is 0 Å². The van der Waals surface area contributed by atoms with E-state index in [9.17, 15) is 0 Å². The Hall–Kier alpha value is -0.770. The Morgan fingerprint density at radius 2 is 2.33 bits per heavy atom. The molecule has 0 aliphatic rings. The van der Waals surface area contributed by atoms with Gasteiger partial charge in [0.2, 0.25) is 0 Å². The van der Waals surface area contributed by atoms with Gasteiger partial charge in [0, 0.05) is 0 Å². The van der Waals surface area contributed by atoms with Crippen molar-refractivity contribution >= 4 is 0 Å². The van der Waals surface area contributed by atoms with E-state index in [2.05, 4.69) is 4.85 Å². The molecular weight excluding hydrogens is 74.1 g/mol. The standard InChI is InChI=1S/C5H7N/c1-4-5(2)6-3/h4H,1-2H3/b5-4-. The topological polar surface area (TPSA) is 4.36 Å². The Morgan fingerprint density at radius 3 is 2.33 bits per heavy atom. The van der Waals surface area contributed by atoms with Gasteiger partial charge < -0.3 is 0 Å². The zero-order valence-electron chi connectivity index (χ0n) is 4.02. The van der Waals surface area contributed by atoms with Gasteiger partial charge in [-0.15, -0.1) is 0 Å². The summed E-state index contributed by atoms with van der Waals surface area (Å²) in [4.78, 5) is 3.12. The van der Waals surface area contributed by atoms with Crippen LogP contribution in [0.2, 0.25) is 0 Å². The van der Waals surface area contributed by atoms with Crippen LogP contribution in [0.4, 0.5) is 0 Å². The molecule has 0 aliphatic heterocycles. The minimum Gasteiger partial charge on any atom is -0.243 e. The fraction of sp³-hybridized carbons (Fsp3) is 0.400. The van der Waals surface area contributed by atoms with Gasteiger partial charge in [-0.05, 0) is 6.92 Å². The summed E-state index contributed by atoms with van der Waals surface area (Å²) in [6.07, 6.45) is 1.78. The third kappa shape index (κ3) is 1.54. The lowest BCUT2D eigenvalue weighted by Gasteiger charge is -1.71. The van der Waals surface area contributed by atoms with Crippen molar-refractivity contribution in [1.82, 2.24) is 0 Å². The lowest BCUT2D eigenvalue weighted by molar-refractivity contribution is 1.48. The van der Waals surface area contributed by atoms with Crippen molar-refractivity contribution in [3.8, 4) is 0 Å². The van der Waals surface area contributed by atoms with Crippen molar-refractivity contribution in [3.63, 3.8) is 0 Å². The molecule has 0 aromatic heterocycles. The first-order valence-corrected chi connectivity index (χ1v) is 1.81. The van der Waals surface area contributed by atoms with Crippen LogP contribution in [0.15, 0.2) is 11.8 Å². The van der Waals surface area contributed by atoms with Gasteiger partial charge in [-0.3, -0.25) is 0 Å². The fourth-order valence-corrected chi connectivity index (χ4v) is 0.0645. The number of hydrogen-bond acceptors (Lipinski definition) is 0. The Kier molecular flexibility index (Phi) is 2.15. The van der Waals surface area contributed by atoms with Crippen LogP contribution >= 0.6 is 0 Å². The number of rotatable bonds is 0. The van der Waals surface area contributed by atoms with E-state index in [1.54, 1.807) is 13.0 Å². The lowest BCUT2D eigenvalue weighted by Crippen LogP contribution is -1.53. The maximum atomic E-state index is 6.37. The Morgan fingerprint density at radius 1 is 1.83 bits per heavy atom. The van der Waals surface area contributed by atoms with E-state index in [4.69, 9.17) is 6.57 Å². The van der Waals surface area contributed by atoms with Crippen molar-refractivity contribution in [3.05, 3.63) is 23.2 Å². The van der Waals surface area contributed by atoms with E-state index in [1.165, 1.54) is 0 Å². The van der Waals surface area contributed by atoms with Crippen LogP contribution in [-0.4, -0.2) is 0 Å². The second kappa shape index (κ2) is 2.47. The molecule has 0 aliphatic carbocycles. The second-order valence-corrected chi connectivity index (χ2v) is 1.04. The average Bonchev–Trinajstić information content (AvgIpc) is 1.65. The number of hydrogen-bond donors (Lipinski definition) is 0. The molecule has 0 fully saturated rings. The lowest BCUT2D eigenvalue weighted by atomic mass is 10.5. The molecule has 0 atom stereocenters. The van der Waals surface area contributed by atoms with E-state index in [0.717, 1.165) is 5.70 Å². The van der Waals surface area contributed by atoms with Crippen LogP contribution in [-0.2, 0) is 0 Å². The normalized spacial score (nSPS) is 10.5. The molecule has 0 radical (unpaired) electrons. The number of allylic oxidation sites excluding steroid dienone is 2. The monoisotopic (exact) mass is 81.1 g/mol. The van der Waals surface area contributed by atoms with E-state index >= 15 is 0 Å². The quantitative estimate of drug-likeness (QED) is 0.392. The maximum absolute atomic E-state index is 6.37.